The van der Waals surface area contributed by atoms with Crippen molar-refractivity contribution in [3.8, 4) is 0 Å². The lowest BCUT2D eigenvalue weighted by molar-refractivity contribution is -0.117. The normalized spacial score (nSPS) is 12.4. The van der Waals surface area contributed by atoms with E-state index < -0.39 is 16.1 Å². The molecule has 0 radical (unpaired) electrons. The molecular weight excluding hydrogens is 384 g/mol. The van der Waals surface area contributed by atoms with Crippen LogP contribution in [-0.2, 0) is 21.2 Å². The van der Waals surface area contributed by atoms with E-state index in [1.54, 1.807) is 12.1 Å². The monoisotopic (exact) mass is 416 g/mol. The summed E-state index contributed by atoms with van der Waals surface area (Å²) in [6, 6.07) is 12.5. The number of carbonyl (C=O) groups is 1. The van der Waals surface area contributed by atoms with Crippen molar-refractivity contribution in [3.05, 3.63) is 59.2 Å². The van der Waals surface area contributed by atoms with Crippen molar-refractivity contribution in [2.75, 3.05) is 15.9 Å². The Kier molecular flexibility index (Phi) is 7.85. The molecule has 0 aliphatic heterocycles. The van der Waals surface area contributed by atoms with Crippen molar-refractivity contribution in [2.24, 2.45) is 0 Å². The summed E-state index contributed by atoms with van der Waals surface area (Å²) in [6.07, 6.45) is 4.78. The van der Waals surface area contributed by atoms with Crippen LogP contribution in [0.5, 0.6) is 0 Å². The molecule has 1 atom stereocenters. The molecule has 2 rings (SSSR count). The largest absolute Gasteiger partial charge is 0.324 e. The van der Waals surface area contributed by atoms with Crippen LogP contribution in [0.2, 0.25) is 0 Å². The highest BCUT2D eigenvalue weighted by molar-refractivity contribution is 7.92. The highest BCUT2D eigenvalue weighted by Crippen LogP contribution is 2.26. The quantitative estimate of drug-likeness (QED) is 0.637. The Balaban J connectivity index is 2.28. The van der Waals surface area contributed by atoms with Crippen LogP contribution in [0.1, 0.15) is 49.8 Å². The average Bonchev–Trinajstić information content (AvgIpc) is 2.63. The molecule has 0 bridgehead atoms. The highest BCUT2D eigenvalue weighted by Gasteiger charge is 2.31. The van der Waals surface area contributed by atoms with Crippen molar-refractivity contribution in [1.82, 2.24) is 0 Å². The summed E-state index contributed by atoms with van der Waals surface area (Å²) in [5.41, 5.74) is 4.31. The van der Waals surface area contributed by atoms with Crippen LogP contribution in [0.15, 0.2) is 42.5 Å². The molecule has 5 nitrogen and oxygen atoms in total. The zero-order valence-corrected chi connectivity index (χ0v) is 18.8. The summed E-state index contributed by atoms with van der Waals surface area (Å²) in [6.45, 7) is 7.80. The minimum atomic E-state index is -3.64. The van der Waals surface area contributed by atoms with Gasteiger partial charge in [0, 0.05) is 5.69 Å². The fourth-order valence-electron chi connectivity index (χ4n) is 3.50. The van der Waals surface area contributed by atoms with Gasteiger partial charge in [-0.05, 0) is 74.1 Å². The van der Waals surface area contributed by atoms with E-state index in [0.717, 1.165) is 36.6 Å². The standard InChI is InChI=1S/C23H32N2O3S/c1-6-8-9-19-10-12-20(13-11-19)24-23(26)22(7-2)25(29(5,27)28)21-15-17(3)14-18(4)16-21/h10-16,22H,6-9H2,1-5H3,(H,24,26)/t22-/m1/s1. The number of hydrogen-bond donors (Lipinski definition) is 1. The topological polar surface area (TPSA) is 66.5 Å². The number of amides is 1. The molecule has 0 saturated heterocycles. The van der Waals surface area contributed by atoms with E-state index in [1.807, 2.05) is 51.1 Å². The maximum absolute atomic E-state index is 13.0. The molecule has 0 heterocycles. The van der Waals surface area contributed by atoms with Gasteiger partial charge in [0.05, 0.1) is 11.9 Å². The lowest BCUT2D eigenvalue weighted by Gasteiger charge is -2.30. The predicted molar refractivity (Wildman–Crippen MR) is 121 cm³/mol. The molecule has 0 spiro atoms. The molecule has 1 N–H and O–H groups in total. The van der Waals surface area contributed by atoms with Gasteiger partial charge in [0.2, 0.25) is 15.9 Å². The lowest BCUT2D eigenvalue weighted by Crippen LogP contribution is -2.47. The second-order valence-electron chi connectivity index (χ2n) is 7.62. The zero-order valence-electron chi connectivity index (χ0n) is 18.0. The number of benzene rings is 2. The fourth-order valence-corrected chi connectivity index (χ4v) is 4.69. The molecule has 29 heavy (non-hydrogen) atoms. The van der Waals surface area contributed by atoms with Gasteiger partial charge < -0.3 is 5.32 Å². The van der Waals surface area contributed by atoms with E-state index >= 15 is 0 Å². The molecule has 158 valence electrons. The SMILES string of the molecule is CCCCc1ccc(NC(=O)[C@@H](CC)N(c2cc(C)cc(C)c2)S(C)(=O)=O)cc1. The molecule has 6 heteroatoms. The zero-order chi connectivity index (χ0) is 21.6. The molecule has 0 fully saturated rings. The van der Waals surface area contributed by atoms with Crippen LogP contribution in [0.4, 0.5) is 11.4 Å². The first-order valence-corrected chi connectivity index (χ1v) is 12.0. The maximum atomic E-state index is 13.0. The van der Waals surface area contributed by atoms with Gasteiger partial charge in [0.1, 0.15) is 6.04 Å². The van der Waals surface area contributed by atoms with Crippen molar-refractivity contribution in [2.45, 2.75) is 59.4 Å². The Labute approximate surface area is 175 Å². The summed E-state index contributed by atoms with van der Waals surface area (Å²) >= 11 is 0. The van der Waals surface area contributed by atoms with Crippen LogP contribution < -0.4 is 9.62 Å². The molecule has 0 unspecified atom stereocenters. The van der Waals surface area contributed by atoms with E-state index in [2.05, 4.69) is 12.2 Å². The Morgan fingerprint density at radius 2 is 1.62 bits per heavy atom. The number of sulfonamides is 1. The number of anilines is 2. The van der Waals surface area contributed by atoms with Gasteiger partial charge in [-0.1, -0.05) is 38.5 Å². The third kappa shape index (κ3) is 6.32. The van der Waals surface area contributed by atoms with Gasteiger partial charge in [-0.25, -0.2) is 8.42 Å². The summed E-state index contributed by atoms with van der Waals surface area (Å²) in [5.74, 6) is -0.335. The maximum Gasteiger partial charge on any atom is 0.248 e. The molecule has 2 aromatic rings. The third-order valence-corrected chi connectivity index (χ3v) is 6.01. The second-order valence-corrected chi connectivity index (χ2v) is 9.48. The number of aryl methyl sites for hydroxylation is 3. The second kappa shape index (κ2) is 9.92. The van der Waals surface area contributed by atoms with Gasteiger partial charge in [-0.3, -0.25) is 9.10 Å². The number of unbranched alkanes of at least 4 members (excludes halogenated alkanes) is 1. The first kappa shape index (κ1) is 22.9. The van der Waals surface area contributed by atoms with Gasteiger partial charge >= 0.3 is 0 Å². The van der Waals surface area contributed by atoms with E-state index in [9.17, 15) is 13.2 Å². The Morgan fingerprint density at radius 3 is 2.10 bits per heavy atom. The van der Waals surface area contributed by atoms with Gasteiger partial charge in [-0.15, -0.1) is 0 Å². The molecule has 2 aromatic carbocycles. The van der Waals surface area contributed by atoms with E-state index in [-0.39, 0.29) is 5.91 Å². The minimum absolute atomic E-state index is 0.335. The van der Waals surface area contributed by atoms with Crippen LogP contribution in [-0.4, -0.2) is 26.6 Å². The van der Waals surface area contributed by atoms with E-state index in [0.29, 0.717) is 17.8 Å². The summed E-state index contributed by atoms with van der Waals surface area (Å²) in [4.78, 5) is 13.0. The van der Waals surface area contributed by atoms with Crippen molar-refractivity contribution in [1.29, 1.82) is 0 Å². The van der Waals surface area contributed by atoms with Crippen LogP contribution in [0.3, 0.4) is 0 Å². The summed E-state index contributed by atoms with van der Waals surface area (Å²) < 4.78 is 26.4. The molecule has 0 aromatic heterocycles. The highest BCUT2D eigenvalue weighted by atomic mass is 32.2. The molecule has 0 aliphatic carbocycles. The number of carbonyl (C=O) groups excluding carboxylic acids is 1. The van der Waals surface area contributed by atoms with Gasteiger partial charge in [0.25, 0.3) is 0 Å². The first-order valence-electron chi connectivity index (χ1n) is 10.1. The number of nitrogens with zero attached hydrogens (tertiary/aromatic N) is 1. The Hall–Kier alpha value is -2.34. The molecule has 0 saturated carbocycles. The molecule has 1 amide bonds. The fraction of sp³-hybridized carbons (Fsp3) is 0.435. The number of rotatable bonds is 9. The number of hydrogen-bond acceptors (Lipinski definition) is 3. The van der Waals surface area contributed by atoms with Crippen LogP contribution >= 0.6 is 0 Å². The smallest absolute Gasteiger partial charge is 0.248 e. The van der Waals surface area contributed by atoms with E-state index in [4.69, 9.17) is 0 Å². The molecule has 0 aliphatic rings. The van der Waals surface area contributed by atoms with Gasteiger partial charge in [-0.2, -0.15) is 0 Å². The number of nitrogens with one attached hydrogen (secondary N) is 1. The van der Waals surface area contributed by atoms with Gasteiger partial charge in [0.15, 0.2) is 0 Å². The van der Waals surface area contributed by atoms with Crippen LogP contribution in [0.25, 0.3) is 0 Å². The van der Waals surface area contributed by atoms with E-state index in [1.165, 1.54) is 9.87 Å². The molecular formula is C23H32N2O3S. The first-order chi connectivity index (χ1) is 13.7. The predicted octanol–water partition coefficient (Wildman–Crippen LogP) is 4.83. The average molecular weight is 417 g/mol. The van der Waals surface area contributed by atoms with Crippen molar-refractivity contribution in [3.63, 3.8) is 0 Å². The summed E-state index contributed by atoms with van der Waals surface area (Å²) in [7, 11) is -3.64. The van der Waals surface area contributed by atoms with Crippen molar-refractivity contribution >= 4 is 27.3 Å². The minimum Gasteiger partial charge on any atom is -0.324 e. The lowest BCUT2D eigenvalue weighted by atomic mass is 10.1. The van der Waals surface area contributed by atoms with Crippen molar-refractivity contribution < 1.29 is 13.2 Å². The van der Waals surface area contributed by atoms with Crippen LogP contribution in [0, 0.1) is 13.8 Å². The Morgan fingerprint density at radius 1 is 1.03 bits per heavy atom. The Bertz CT molecular complexity index is 917. The summed E-state index contributed by atoms with van der Waals surface area (Å²) in [5, 5.41) is 2.88. The third-order valence-electron chi connectivity index (χ3n) is 4.83.